The normalized spacial score (nSPS) is 14.9. The Morgan fingerprint density at radius 1 is 0.929 bits per heavy atom. The summed E-state index contributed by atoms with van der Waals surface area (Å²) in [4.78, 5) is 52.6. The predicted octanol–water partition coefficient (Wildman–Crippen LogP) is 4.38. The first-order valence-corrected chi connectivity index (χ1v) is 14.0. The van der Waals surface area contributed by atoms with E-state index in [1.165, 1.54) is 0 Å². The lowest BCUT2D eigenvalue weighted by Gasteiger charge is -2.24. The number of hydrogen-bond donors (Lipinski definition) is 3. The van der Waals surface area contributed by atoms with Crippen LogP contribution in [-0.4, -0.2) is 51.0 Å². The Morgan fingerprint density at radius 3 is 2.07 bits per heavy atom. The van der Waals surface area contributed by atoms with E-state index in [0.717, 1.165) is 32.8 Å². The number of Topliss-reactive ketones (excluding diaryl/α,β-unsaturated/α-hetero) is 1. The Hall–Kier alpha value is -4.70. The molecule has 2 aromatic heterocycles. The second-order valence-electron chi connectivity index (χ2n) is 11.9. The van der Waals surface area contributed by atoms with Crippen LogP contribution in [-0.2, 0) is 23.1 Å². The minimum absolute atomic E-state index is 0.0370. The van der Waals surface area contributed by atoms with Crippen LogP contribution in [0.4, 0.5) is 4.79 Å². The van der Waals surface area contributed by atoms with Gasteiger partial charge in [0.2, 0.25) is 0 Å². The highest BCUT2D eigenvalue weighted by Crippen LogP contribution is 2.44. The van der Waals surface area contributed by atoms with Crippen molar-refractivity contribution >= 4 is 67.3 Å². The van der Waals surface area contributed by atoms with E-state index in [0.29, 0.717) is 21.9 Å². The molecule has 1 aliphatic heterocycles. The number of ether oxygens (including phenoxy) is 1. The minimum Gasteiger partial charge on any atom is -0.444 e. The van der Waals surface area contributed by atoms with E-state index >= 15 is 0 Å². The molecule has 6 rings (SSSR count). The second kappa shape index (κ2) is 9.70. The number of nitrogens with two attached hydrogens (primary N) is 1. The zero-order valence-electron chi connectivity index (χ0n) is 24.2. The van der Waals surface area contributed by atoms with Gasteiger partial charge in [0.05, 0.1) is 34.1 Å². The molecule has 3 heterocycles. The fourth-order valence-electron chi connectivity index (χ4n) is 6.26. The summed E-state index contributed by atoms with van der Waals surface area (Å²) in [6.07, 6.45) is -0.681. The van der Waals surface area contributed by atoms with Crippen molar-refractivity contribution in [3.63, 3.8) is 0 Å². The molecule has 0 saturated carbocycles. The first-order valence-electron chi connectivity index (χ1n) is 14.0. The summed E-state index contributed by atoms with van der Waals surface area (Å²) in [5.74, 6) is -1.77. The van der Waals surface area contributed by atoms with Gasteiger partial charge in [-0.2, -0.15) is 0 Å². The van der Waals surface area contributed by atoms with Crippen molar-refractivity contribution in [1.29, 1.82) is 0 Å². The lowest BCUT2D eigenvalue weighted by atomic mass is 9.96. The lowest BCUT2D eigenvalue weighted by Crippen LogP contribution is -2.46. The van der Waals surface area contributed by atoms with E-state index in [-0.39, 0.29) is 18.9 Å². The highest BCUT2D eigenvalue weighted by molar-refractivity contribution is 6.39. The average Bonchev–Trinajstić information content (AvgIpc) is 3.52. The molecule has 1 aliphatic rings. The van der Waals surface area contributed by atoms with Gasteiger partial charge in [0.15, 0.2) is 5.78 Å². The molecular weight excluding hydrogens is 534 g/mol. The molecule has 0 bridgehead atoms. The summed E-state index contributed by atoms with van der Waals surface area (Å²) in [5, 5.41) is 8.15. The number of aryl methyl sites for hydroxylation is 1. The maximum atomic E-state index is 13.6. The van der Waals surface area contributed by atoms with Crippen LogP contribution in [0.1, 0.15) is 48.4 Å². The number of rotatable bonds is 6. The van der Waals surface area contributed by atoms with Gasteiger partial charge in [0.25, 0.3) is 11.8 Å². The van der Waals surface area contributed by atoms with Gasteiger partial charge in [-0.05, 0) is 39.8 Å². The molecular formula is C32H33N5O5. The summed E-state index contributed by atoms with van der Waals surface area (Å²) in [7, 11) is 1.94. The van der Waals surface area contributed by atoms with Crippen molar-refractivity contribution in [3.05, 3.63) is 59.7 Å². The quantitative estimate of drug-likeness (QED) is 0.261. The van der Waals surface area contributed by atoms with Gasteiger partial charge < -0.3 is 24.9 Å². The third-order valence-corrected chi connectivity index (χ3v) is 7.98. The van der Waals surface area contributed by atoms with Crippen molar-refractivity contribution in [2.24, 2.45) is 18.7 Å². The van der Waals surface area contributed by atoms with Gasteiger partial charge in [-0.3, -0.25) is 19.7 Å². The van der Waals surface area contributed by atoms with Crippen molar-refractivity contribution in [3.8, 4) is 0 Å². The fraction of sp³-hybridized carbons (Fsp3) is 0.312. The first kappa shape index (κ1) is 27.5. The van der Waals surface area contributed by atoms with Gasteiger partial charge in [0.1, 0.15) is 5.60 Å². The van der Waals surface area contributed by atoms with Crippen LogP contribution in [0.25, 0.3) is 43.6 Å². The van der Waals surface area contributed by atoms with Crippen LogP contribution in [0.3, 0.4) is 0 Å². The standard InChI is InChI=1S/C32H33N5O5/c1-16(34-31(41)42-32(2,3)4)28(38)17(14-33)15-37-21-13-9-7-11-19(21)23-25-24(29(39)35-30(25)40)22-18-10-6-8-12-20(18)36(5)26(22)27(23)37/h6-13,16-17H,14-15,33H2,1-5H3,(H,34,41)(H,35,39,40)/t16-,17?/m0/s1. The summed E-state index contributed by atoms with van der Waals surface area (Å²) in [6.45, 7) is 7.11. The molecule has 0 radical (unpaired) electrons. The van der Waals surface area contributed by atoms with E-state index in [2.05, 4.69) is 10.6 Å². The van der Waals surface area contributed by atoms with E-state index in [9.17, 15) is 19.2 Å². The highest BCUT2D eigenvalue weighted by Gasteiger charge is 2.37. The SMILES string of the molecule is C[C@H](NC(=O)OC(C)(C)C)C(=O)C(CN)Cn1c2ccccc2c2c3c(c4c5ccccc5n(C)c4c21)C(=O)NC3=O. The van der Waals surface area contributed by atoms with Gasteiger partial charge in [-0.15, -0.1) is 0 Å². The topological polar surface area (TPSA) is 137 Å². The van der Waals surface area contributed by atoms with E-state index in [4.69, 9.17) is 10.5 Å². The van der Waals surface area contributed by atoms with Crippen molar-refractivity contribution < 1.29 is 23.9 Å². The zero-order chi connectivity index (χ0) is 30.1. The number of ketones is 1. The largest absolute Gasteiger partial charge is 0.444 e. The Balaban J connectivity index is 1.58. The fourth-order valence-corrected chi connectivity index (χ4v) is 6.26. The predicted molar refractivity (Wildman–Crippen MR) is 162 cm³/mol. The van der Waals surface area contributed by atoms with Crippen LogP contribution in [0, 0.1) is 5.92 Å². The Morgan fingerprint density at radius 2 is 1.48 bits per heavy atom. The summed E-state index contributed by atoms with van der Waals surface area (Å²) in [5.41, 5.74) is 9.43. The van der Waals surface area contributed by atoms with Crippen LogP contribution in [0.2, 0.25) is 0 Å². The molecule has 0 spiro atoms. The number of para-hydroxylation sites is 2. The summed E-state index contributed by atoms with van der Waals surface area (Å²) >= 11 is 0. The Labute approximate surface area is 241 Å². The number of aromatic nitrogens is 2. The molecule has 4 N–H and O–H groups in total. The van der Waals surface area contributed by atoms with E-state index in [1.807, 2.05) is 64.7 Å². The molecule has 0 saturated heterocycles. The molecule has 10 nitrogen and oxygen atoms in total. The molecule has 216 valence electrons. The minimum atomic E-state index is -0.841. The zero-order valence-corrected chi connectivity index (χ0v) is 24.2. The third-order valence-electron chi connectivity index (χ3n) is 7.98. The molecule has 5 aromatic rings. The number of nitrogens with zero attached hydrogens (tertiary/aromatic N) is 2. The lowest BCUT2D eigenvalue weighted by molar-refractivity contribution is -0.124. The number of carbonyl (C=O) groups is 4. The summed E-state index contributed by atoms with van der Waals surface area (Å²) < 4.78 is 9.40. The van der Waals surface area contributed by atoms with Crippen molar-refractivity contribution in [2.75, 3.05) is 6.54 Å². The van der Waals surface area contributed by atoms with E-state index in [1.54, 1.807) is 27.7 Å². The molecule has 0 aliphatic carbocycles. The van der Waals surface area contributed by atoms with Crippen LogP contribution in [0.15, 0.2) is 48.5 Å². The molecule has 0 fully saturated rings. The second-order valence-corrected chi connectivity index (χ2v) is 11.9. The summed E-state index contributed by atoms with van der Waals surface area (Å²) in [6, 6.07) is 14.6. The van der Waals surface area contributed by atoms with Crippen molar-refractivity contribution in [1.82, 2.24) is 19.8 Å². The maximum absolute atomic E-state index is 13.6. The smallest absolute Gasteiger partial charge is 0.408 e. The molecule has 3 amide bonds. The Kier molecular flexibility index (Phi) is 6.34. The molecule has 42 heavy (non-hydrogen) atoms. The Bertz CT molecular complexity index is 1980. The van der Waals surface area contributed by atoms with Gasteiger partial charge in [-0.25, -0.2) is 4.79 Å². The van der Waals surface area contributed by atoms with Crippen LogP contribution < -0.4 is 16.4 Å². The number of nitrogens with one attached hydrogen (secondary N) is 2. The van der Waals surface area contributed by atoms with Gasteiger partial charge in [-0.1, -0.05) is 36.4 Å². The maximum Gasteiger partial charge on any atom is 0.408 e. The first-order chi connectivity index (χ1) is 19.9. The molecule has 3 aromatic carbocycles. The number of amides is 3. The molecule has 10 heteroatoms. The molecule has 2 atom stereocenters. The van der Waals surface area contributed by atoms with Gasteiger partial charge >= 0.3 is 6.09 Å². The number of benzene rings is 3. The molecule has 1 unspecified atom stereocenters. The number of hydrogen-bond acceptors (Lipinski definition) is 6. The van der Waals surface area contributed by atoms with Crippen molar-refractivity contribution in [2.45, 2.75) is 45.9 Å². The number of carbonyl (C=O) groups excluding carboxylic acids is 4. The third kappa shape index (κ3) is 4.13. The average molecular weight is 568 g/mol. The number of alkyl carbamates (subject to hydrolysis) is 1. The van der Waals surface area contributed by atoms with Crippen LogP contribution in [0.5, 0.6) is 0 Å². The van der Waals surface area contributed by atoms with E-state index < -0.39 is 35.5 Å². The highest BCUT2D eigenvalue weighted by atomic mass is 16.6. The van der Waals surface area contributed by atoms with Gasteiger partial charge in [0, 0.05) is 52.7 Å². The van der Waals surface area contributed by atoms with Crippen LogP contribution >= 0.6 is 0 Å². The monoisotopic (exact) mass is 567 g/mol. The number of imide groups is 1. The number of fused-ring (bicyclic) bond motifs is 10.